The lowest BCUT2D eigenvalue weighted by molar-refractivity contribution is 0.0695. The molecule has 1 aromatic carbocycles. The van der Waals surface area contributed by atoms with Crippen molar-refractivity contribution in [2.24, 2.45) is 0 Å². The Hall–Kier alpha value is -1.68. The van der Waals surface area contributed by atoms with Gasteiger partial charge in [-0.25, -0.2) is 18.2 Å². The van der Waals surface area contributed by atoms with Crippen LogP contribution in [0.3, 0.4) is 0 Å². The predicted molar refractivity (Wildman–Crippen MR) is 85.9 cm³/mol. The maximum atomic E-state index is 12.3. The largest absolute Gasteiger partial charge is 0.478 e. The molecule has 0 bridgehead atoms. The van der Waals surface area contributed by atoms with E-state index < -0.39 is 16.0 Å². The summed E-state index contributed by atoms with van der Waals surface area (Å²) in [5, 5.41) is 9.06. The molecular weight excluding hydrogens is 407 g/mol. The Bertz CT molecular complexity index is 806. The second-order valence-electron chi connectivity index (χ2n) is 4.22. The molecule has 0 saturated carbocycles. The first-order chi connectivity index (χ1) is 9.81. The number of aromatic carboxylic acids is 1. The lowest BCUT2D eigenvalue weighted by Gasteiger charge is -2.10. The first-order valence-electron chi connectivity index (χ1n) is 5.78. The SMILES string of the molecule is Cc1cccnc1NS(=O)(=O)c1ccc(I)c(C(=O)O)c1. The van der Waals surface area contributed by atoms with Crippen LogP contribution in [-0.4, -0.2) is 24.5 Å². The number of aryl methyl sites for hydroxylation is 1. The van der Waals surface area contributed by atoms with Gasteiger partial charge in [0, 0.05) is 9.77 Å². The van der Waals surface area contributed by atoms with Crippen molar-refractivity contribution in [2.45, 2.75) is 11.8 Å². The summed E-state index contributed by atoms with van der Waals surface area (Å²) in [6, 6.07) is 7.35. The third-order valence-corrected chi connectivity index (χ3v) is 5.00. The van der Waals surface area contributed by atoms with Gasteiger partial charge in [0.15, 0.2) is 0 Å². The summed E-state index contributed by atoms with van der Waals surface area (Å²) in [7, 11) is -3.89. The zero-order valence-corrected chi connectivity index (χ0v) is 13.8. The number of rotatable bonds is 4. The number of anilines is 1. The molecule has 0 aliphatic rings. The zero-order chi connectivity index (χ0) is 15.6. The van der Waals surface area contributed by atoms with E-state index in [9.17, 15) is 13.2 Å². The minimum absolute atomic E-state index is 0.0591. The molecule has 0 fully saturated rings. The van der Waals surface area contributed by atoms with Gasteiger partial charge < -0.3 is 5.11 Å². The van der Waals surface area contributed by atoms with Gasteiger partial charge >= 0.3 is 5.97 Å². The van der Waals surface area contributed by atoms with Crippen LogP contribution >= 0.6 is 22.6 Å². The monoisotopic (exact) mass is 418 g/mol. The van der Waals surface area contributed by atoms with E-state index in [0.717, 1.165) is 6.07 Å². The average molecular weight is 418 g/mol. The number of carbonyl (C=O) groups is 1. The first kappa shape index (κ1) is 15.7. The maximum Gasteiger partial charge on any atom is 0.336 e. The molecule has 8 heteroatoms. The molecule has 2 aromatic rings. The molecular formula is C13H11IN2O4S. The van der Waals surface area contributed by atoms with Crippen LogP contribution in [0.1, 0.15) is 15.9 Å². The van der Waals surface area contributed by atoms with Gasteiger partial charge in [-0.1, -0.05) is 6.07 Å². The molecule has 0 saturated heterocycles. The van der Waals surface area contributed by atoms with E-state index in [4.69, 9.17) is 5.11 Å². The van der Waals surface area contributed by atoms with Crippen molar-refractivity contribution < 1.29 is 18.3 Å². The summed E-state index contributed by atoms with van der Waals surface area (Å²) in [5.41, 5.74) is 0.612. The molecule has 0 atom stereocenters. The summed E-state index contributed by atoms with van der Waals surface area (Å²) in [6.07, 6.45) is 1.47. The highest BCUT2D eigenvalue weighted by Crippen LogP contribution is 2.21. The van der Waals surface area contributed by atoms with Gasteiger partial charge in [0.2, 0.25) is 0 Å². The number of aromatic nitrogens is 1. The normalized spacial score (nSPS) is 11.1. The Morgan fingerprint density at radius 1 is 1.33 bits per heavy atom. The summed E-state index contributed by atoms with van der Waals surface area (Å²) < 4.78 is 27.4. The fourth-order valence-electron chi connectivity index (χ4n) is 1.61. The molecule has 0 spiro atoms. The molecule has 1 heterocycles. The Labute approximate surface area is 135 Å². The molecule has 0 aliphatic carbocycles. The summed E-state index contributed by atoms with van der Waals surface area (Å²) in [5.74, 6) is -0.960. The van der Waals surface area contributed by atoms with Crippen LogP contribution < -0.4 is 4.72 Å². The number of sulfonamides is 1. The van der Waals surface area contributed by atoms with Crippen LogP contribution in [0.25, 0.3) is 0 Å². The standard InChI is InChI=1S/C13H11IN2O4S/c1-8-3-2-6-15-12(8)16-21(19,20)9-4-5-11(14)10(7-9)13(17)18/h2-7H,1H3,(H,15,16)(H,17,18). The Morgan fingerprint density at radius 3 is 2.67 bits per heavy atom. The zero-order valence-electron chi connectivity index (χ0n) is 10.9. The smallest absolute Gasteiger partial charge is 0.336 e. The van der Waals surface area contributed by atoms with Gasteiger partial charge in [-0.15, -0.1) is 0 Å². The van der Waals surface area contributed by atoms with E-state index in [1.165, 1.54) is 18.3 Å². The van der Waals surface area contributed by atoms with Gasteiger partial charge in [0.1, 0.15) is 5.82 Å². The van der Waals surface area contributed by atoms with Crippen LogP contribution in [0.15, 0.2) is 41.4 Å². The summed E-state index contributed by atoms with van der Waals surface area (Å²) in [6.45, 7) is 1.72. The molecule has 110 valence electrons. The van der Waals surface area contributed by atoms with Crippen molar-refractivity contribution in [3.8, 4) is 0 Å². The minimum atomic E-state index is -3.89. The van der Waals surface area contributed by atoms with Crippen molar-refractivity contribution >= 4 is 44.4 Å². The van der Waals surface area contributed by atoms with Gasteiger partial charge in [-0.3, -0.25) is 4.72 Å². The van der Waals surface area contributed by atoms with Crippen LogP contribution in [0.2, 0.25) is 0 Å². The number of carboxylic acid groups (broad SMARTS) is 1. The van der Waals surface area contributed by atoms with E-state index in [-0.39, 0.29) is 16.3 Å². The number of pyridine rings is 1. The van der Waals surface area contributed by atoms with E-state index in [2.05, 4.69) is 9.71 Å². The Kier molecular flexibility index (Phi) is 4.47. The first-order valence-corrected chi connectivity index (χ1v) is 8.35. The number of carboxylic acids is 1. The molecule has 0 amide bonds. The highest BCUT2D eigenvalue weighted by molar-refractivity contribution is 14.1. The third-order valence-electron chi connectivity index (χ3n) is 2.72. The fraction of sp³-hybridized carbons (Fsp3) is 0.0769. The molecule has 2 rings (SSSR count). The summed E-state index contributed by atoms with van der Waals surface area (Å²) in [4.78, 5) is 14.9. The lowest BCUT2D eigenvalue weighted by atomic mass is 10.2. The van der Waals surface area contributed by atoms with Crippen molar-refractivity contribution in [2.75, 3.05) is 4.72 Å². The Morgan fingerprint density at radius 2 is 2.05 bits per heavy atom. The number of nitrogens with zero attached hydrogens (tertiary/aromatic N) is 1. The van der Waals surface area contributed by atoms with E-state index >= 15 is 0 Å². The van der Waals surface area contributed by atoms with Crippen LogP contribution in [-0.2, 0) is 10.0 Å². The van der Waals surface area contributed by atoms with Gasteiger partial charge in [0.25, 0.3) is 10.0 Å². The van der Waals surface area contributed by atoms with Crippen molar-refractivity contribution in [1.82, 2.24) is 4.98 Å². The summed E-state index contributed by atoms with van der Waals surface area (Å²) >= 11 is 1.84. The van der Waals surface area contributed by atoms with Crippen molar-refractivity contribution in [3.05, 3.63) is 51.2 Å². The molecule has 21 heavy (non-hydrogen) atoms. The molecule has 0 radical (unpaired) electrons. The molecule has 6 nitrogen and oxygen atoms in total. The van der Waals surface area contributed by atoms with Crippen LogP contribution in [0.5, 0.6) is 0 Å². The van der Waals surface area contributed by atoms with Gasteiger partial charge in [-0.05, 0) is 59.3 Å². The molecule has 0 aliphatic heterocycles. The minimum Gasteiger partial charge on any atom is -0.478 e. The maximum absolute atomic E-state index is 12.3. The highest BCUT2D eigenvalue weighted by Gasteiger charge is 2.19. The number of nitrogens with one attached hydrogen (secondary N) is 1. The van der Waals surface area contributed by atoms with E-state index in [0.29, 0.717) is 9.13 Å². The second kappa shape index (κ2) is 5.98. The molecule has 2 N–H and O–H groups in total. The van der Waals surface area contributed by atoms with E-state index in [1.807, 2.05) is 22.6 Å². The quantitative estimate of drug-likeness (QED) is 0.744. The average Bonchev–Trinajstić information content (AvgIpc) is 2.41. The third kappa shape index (κ3) is 3.50. The molecule has 0 unspecified atom stereocenters. The Balaban J connectivity index is 2.43. The van der Waals surface area contributed by atoms with Crippen molar-refractivity contribution in [1.29, 1.82) is 0 Å². The number of benzene rings is 1. The number of hydrogen-bond acceptors (Lipinski definition) is 4. The predicted octanol–water partition coefficient (Wildman–Crippen LogP) is 2.49. The number of halogens is 1. The second-order valence-corrected chi connectivity index (χ2v) is 7.07. The van der Waals surface area contributed by atoms with Gasteiger partial charge in [0.05, 0.1) is 10.5 Å². The fourth-order valence-corrected chi connectivity index (χ4v) is 3.29. The van der Waals surface area contributed by atoms with E-state index in [1.54, 1.807) is 19.1 Å². The van der Waals surface area contributed by atoms with Crippen molar-refractivity contribution in [3.63, 3.8) is 0 Å². The number of hydrogen-bond donors (Lipinski definition) is 2. The lowest BCUT2D eigenvalue weighted by Crippen LogP contribution is -2.15. The molecule has 1 aromatic heterocycles. The van der Waals surface area contributed by atoms with Crippen LogP contribution in [0.4, 0.5) is 5.82 Å². The van der Waals surface area contributed by atoms with Gasteiger partial charge in [-0.2, -0.15) is 0 Å². The van der Waals surface area contributed by atoms with Crippen LogP contribution in [0, 0.1) is 10.5 Å². The highest BCUT2D eigenvalue weighted by atomic mass is 127. The topological polar surface area (TPSA) is 96.4 Å².